The number of halogens is 1. The Morgan fingerprint density at radius 3 is 2.29 bits per heavy atom. The Kier molecular flexibility index (Phi) is 5.94. The molecule has 0 aromatic heterocycles. The standard InChI is InChI=1S/C17H27FN2S/c1-17(2,3)21-20-16-8-4-13(5-9-16)12-19-15-10-6-14(18)7-11-15/h6-7,10-11,13,16,19-20H,4-5,8-9,12H2,1-3H3. The van der Waals surface area contributed by atoms with Crippen LogP contribution in [0.1, 0.15) is 46.5 Å². The molecule has 0 amide bonds. The largest absolute Gasteiger partial charge is 0.385 e. The summed E-state index contributed by atoms with van der Waals surface area (Å²) in [6, 6.07) is 7.28. The average Bonchev–Trinajstić information content (AvgIpc) is 2.45. The fourth-order valence-electron chi connectivity index (χ4n) is 2.57. The number of rotatable bonds is 5. The predicted molar refractivity (Wildman–Crippen MR) is 91.1 cm³/mol. The van der Waals surface area contributed by atoms with Crippen LogP contribution in [-0.2, 0) is 0 Å². The summed E-state index contributed by atoms with van der Waals surface area (Å²) in [6.07, 6.45) is 5.02. The first-order valence-electron chi connectivity index (χ1n) is 7.85. The fourth-order valence-corrected chi connectivity index (χ4v) is 3.33. The molecule has 0 radical (unpaired) electrons. The first kappa shape index (κ1) is 16.6. The number of nitrogens with one attached hydrogen (secondary N) is 2. The van der Waals surface area contributed by atoms with Gasteiger partial charge in [0.25, 0.3) is 0 Å². The normalized spacial score (nSPS) is 23.0. The van der Waals surface area contributed by atoms with E-state index in [1.807, 2.05) is 24.1 Å². The van der Waals surface area contributed by atoms with Crippen LogP contribution in [0.3, 0.4) is 0 Å². The van der Waals surface area contributed by atoms with Crippen LogP contribution >= 0.6 is 11.9 Å². The van der Waals surface area contributed by atoms with E-state index in [9.17, 15) is 4.39 Å². The van der Waals surface area contributed by atoms with Gasteiger partial charge in [-0.15, -0.1) is 0 Å². The summed E-state index contributed by atoms with van der Waals surface area (Å²) < 4.78 is 16.7. The van der Waals surface area contributed by atoms with Gasteiger partial charge in [0.1, 0.15) is 5.82 Å². The first-order valence-corrected chi connectivity index (χ1v) is 8.67. The van der Waals surface area contributed by atoms with Crippen molar-refractivity contribution in [3.63, 3.8) is 0 Å². The van der Waals surface area contributed by atoms with Gasteiger partial charge in [-0.2, -0.15) is 0 Å². The highest BCUT2D eigenvalue weighted by Crippen LogP contribution is 2.28. The molecule has 1 aliphatic rings. The monoisotopic (exact) mass is 310 g/mol. The van der Waals surface area contributed by atoms with Crippen molar-refractivity contribution in [2.75, 3.05) is 11.9 Å². The number of anilines is 1. The number of benzene rings is 1. The summed E-state index contributed by atoms with van der Waals surface area (Å²) in [5, 5.41) is 3.42. The molecule has 0 atom stereocenters. The van der Waals surface area contributed by atoms with Crippen LogP contribution in [-0.4, -0.2) is 17.3 Å². The molecule has 0 heterocycles. The van der Waals surface area contributed by atoms with Gasteiger partial charge < -0.3 is 5.32 Å². The second kappa shape index (κ2) is 7.50. The Bertz CT molecular complexity index is 419. The Morgan fingerprint density at radius 1 is 1.10 bits per heavy atom. The van der Waals surface area contributed by atoms with Gasteiger partial charge in [0.05, 0.1) is 0 Å². The van der Waals surface area contributed by atoms with E-state index in [1.165, 1.54) is 37.8 Å². The van der Waals surface area contributed by atoms with E-state index in [2.05, 4.69) is 30.8 Å². The van der Waals surface area contributed by atoms with Crippen molar-refractivity contribution in [1.29, 1.82) is 0 Å². The van der Waals surface area contributed by atoms with Crippen molar-refractivity contribution in [2.24, 2.45) is 5.92 Å². The minimum atomic E-state index is -0.177. The predicted octanol–water partition coefficient (Wildman–Crippen LogP) is 4.83. The van der Waals surface area contributed by atoms with Gasteiger partial charge in [-0.1, -0.05) is 11.9 Å². The van der Waals surface area contributed by atoms with Gasteiger partial charge in [0, 0.05) is 23.0 Å². The Labute approximate surface area is 132 Å². The molecular formula is C17H27FN2S. The quantitative estimate of drug-likeness (QED) is 0.762. The zero-order chi connectivity index (χ0) is 15.3. The zero-order valence-corrected chi connectivity index (χ0v) is 14.1. The summed E-state index contributed by atoms with van der Waals surface area (Å²) in [6.45, 7) is 7.71. The molecule has 1 aromatic rings. The lowest BCUT2D eigenvalue weighted by atomic mass is 9.86. The topological polar surface area (TPSA) is 24.1 Å². The molecular weight excluding hydrogens is 283 g/mol. The van der Waals surface area contributed by atoms with E-state index in [0.29, 0.717) is 6.04 Å². The highest BCUT2D eigenvalue weighted by molar-refractivity contribution is 7.98. The van der Waals surface area contributed by atoms with E-state index in [-0.39, 0.29) is 10.6 Å². The molecule has 1 fully saturated rings. The van der Waals surface area contributed by atoms with E-state index >= 15 is 0 Å². The second-order valence-electron chi connectivity index (χ2n) is 6.94. The minimum Gasteiger partial charge on any atom is -0.385 e. The van der Waals surface area contributed by atoms with Crippen LogP contribution in [0, 0.1) is 11.7 Å². The van der Waals surface area contributed by atoms with Gasteiger partial charge in [-0.05, 0) is 76.6 Å². The van der Waals surface area contributed by atoms with E-state index < -0.39 is 0 Å². The molecule has 118 valence electrons. The molecule has 1 aromatic carbocycles. The third-order valence-electron chi connectivity index (χ3n) is 3.82. The number of hydrogen-bond acceptors (Lipinski definition) is 3. The molecule has 0 unspecified atom stereocenters. The number of hydrogen-bond donors (Lipinski definition) is 2. The molecule has 0 bridgehead atoms. The van der Waals surface area contributed by atoms with Crippen LogP contribution in [0.25, 0.3) is 0 Å². The summed E-state index contributed by atoms with van der Waals surface area (Å²) in [5.41, 5.74) is 1.01. The summed E-state index contributed by atoms with van der Waals surface area (Å²) in [7, 11) is 0. The molecule has 1 aliphatic carbocycles. The van der Waals surface area contributed by atoms with Crippen molar-refractivity contribution < 1.29 is 4.39 Å². The zero-order valence-electron chi connectivity index (χ0n) is 13.3. The summed E-state index contributed by atoms with van der Waals surface area (Å²) >= 11 is 1.85. The van der Waals surface area contributed by atoms with E-state index in [0.717, 1.165) is 18.2 Å². The van der Waals surface area contributed by atoms with Crippen molar-refractivity contribution in [3.8, 4) is 0 Å². The first-order chi connectivity index (χ1) is 9.92. The average molecular weight is 310 g/mol. The SMILES string of the molecule is CC(C)(C)SNC1CCC(CNc2ccc(F)cc2)CC1. The van der Waals surface area contributed by atoms with Gasteiger partial charge in [-0.3, -0.25) is 4.72 Å². The van der Waals surface area contributed by atoms with Crippen LogP contribution in [0.15, 0.2) is 24.3 Å². The third-order valence-corrected chi connectivity index (χ3v) is 4.88. The van der Waals surface area contributed by atoms with Crippen LogP contribution in [0.2, 0.25) is 0 Å². The fraction of sp³-hybridized carbons (Fsp3) is 0.647. The molecule has 0 aliphatic heterocycles. The van der Waals surface area contributed by atoms with E-state index in [1.54, 1.807) is 0 Å². The maximum Gasteiger partial charge on any atom is 0.123 e. The van der Waals surface area contributed by atoms with Crippen molar-refractivity contribution in [1.82, 2.24) is 4.72 Å². The highest BCUT2D eigenvalue weighted by atomic mass is 32.2. The highest BCUT2D eigenvalue weighted by Gasteiger charge is 2.22. The summed E-state index contributed by atoms with van der Waals surface area (Å²) in [4.78, 5) is 0. The molecule has 2 N–H and O–H groups in total. The Morgan fingerprint density at radius 2 is 1.71 bits per heavy atom. The summed E-state index contributed by atoms with van der Waals surface area (Å²) in [5.74, 6) is 0.552. The molecule has 4 heteroatoms. The van der Waals surface area contributed by atoms with Crippen LogP contribution in [0.4, 0.5) is 10.1 Å². The Balaban J connectivity index is 1.66. The van der Waals surface area contributed by atoms with Gasteiger partial charge in [0.15, 0.2) is 0 Å². The van der Waals surface area contributed by atoms with Gasteiger partial charge in [-0.25, -0.2) is 4.39 Å². The molecule has 0 saturated heterocycles. The second-order valence-corrected chi connectivity index (χ2v) is 8.60. The van der Waals surface area contributed by atoms with Crippen LogP contribution in [0.5, 0.6) is 0 Å². The van der Waals surface area contributed by atoms with E-state index in [4.69, 9.17) is 0 Å². The van der Waals surface area contributed by atoms with Crippen molar-refractivity contribution in [3.05, 3.63) is 30.1 Å². The maximum atomic E-state index is 12.8. The lowest BCUT2D eigenvalue weighted by molar-refractivity contribution is 0.328. The Hall–Kier alpha value is -0.740. The van der Waals surface area contributed by atoms with Crippen molar-refractivity contribution in [2.45, 2.75) is 57.2 Å². The maximum absolute atomic E-state index is 12.8. The van der Waals surface area contributed by atoms with Gasteiger partial charge >= 0.3 is 0 Å². The smallest absolute Gasteiger partial charge is 0.123 e. The molecule has 1 saturated carbocycles. The van der Waals surface area contributed by atoms with Crippen LogP contribution < -0.4 is 10.0 Å². The minimum absolute atomic E-state index is 0.177. The van der Waals surface area contributed by atoms with Gasteiger partial charge in [0.2, 0.25) is 0 Å². The third kappa shape index (κ3) is 6.27. The molecule has 0 spiro atoms. The molecule has 21 heavy (non-hydrogen) atoms. The lowest BCUT2D eigenvalue weighted by Gasteiger charge is -2.31. The molecule has 2 rings (SSSR count). The van der Waals surface area contributed by atoms with Crippen molar-refractivity contribution >= 4 is 17.6 Å². The lowest BCUT2D eigenvalue weighted by Crippen LogP contribution is -2.33. The molecule has 2 nitrogen and oxygen atoms in total.